The van der Waals surface area contributed by atoms with Gasteiger partial charge in [-0.05, 0) is 61.0 Å². The molecule has 0 spiro atoms. The number of rotatable bonds is 11. The van der Waals surface area contributed by atoms with Crippen LogP contribution >= 0.6 is 11.6 Å². The fourth-order valence-corrected chi connectivity index (χ4v) is 3.43. The number of benzene rings is 2. The highest BCUT2D eigenvalue weighted by Crippen LogP contribution is 2.31. The first-order valence-electron chi connectivity index (χ1n) is 11.2. The summed E-state index contributed by atoms with van der Waals surface area (Å²) in [5.74, 6) is 1.44. The van der Waals surface area contributed by atoms with Crippen molar-refractivity contribution >= 4 is 29.1 Å². The number of aliphatic imine (C=N–C) groups is 1. The number of halogens is 1. The van der Waals surface area contributed by atoms with Crippen molar-refractivity contribution in [2.45, 2.75) is 26.2 Å². The van der Waals surface area contributed by atoms with E-state index in [2.05, 4.69) is 22.2 Å². The number of aromatic nitrogens is 1. The molecule has 0 bridgehead atoms. The van der Waals surface area contributed by atoms with Crippen LogP contribution in [0, 0.1) is 0 Å². The molecule has 0 atom stereocenters. The molecular formula is C25H30ClN5O3. The van der Waals surface area contributed by atoms with Gasteiger partial charge in [0.1, 0.15) is 18.1 Å². The number of ether oxygens (including phenoxy) is 1. The van der Waals surface area contributed by atoms with E-state index in [1.807, 2.05) is 30.3 Å². The van der Waals surface area contributed by atoms with Gasteiger partial charge in [0.05, 0.1) is 6.54 Å². The van der Waals surface area contributed by atoms with E-state index in [0.29, 0.717) is 41.8 Å². The minimum Gasteiger partial charge on any atom is -0.508 e. The van der Waals surface area contributed by atoms with Gasteiger partial charge in [0.2, 0.25) is 0 Å². The zero-order chi connectivity index (χ0) is 24.3. The lowest BCUT2D eigenvalue weighted by Crippen LogP contribution is -2.26. The standard InChI is InChI=1S/C25H30ClN5O3/c1-2-3-4-13-31(33)14-15-34-21-9-6-19(7-10-21)29-25(27)30-24-12-5-18(17-28-24)22-16-20(32)8-11-23(22)26/h5-12,16-17,32-33H,2-4,13-15H2,1H3,(H3,27,28,29,30). The monoisotopic (exact) mass is 483 g/mol. The van der Waals surface area contributed by atoms with E-state index in [1.165, 1.54) is 11.1 Å². The lowest BCUT2D eigenvalue weighted by molar-refractivity contribution is -0.0973. The Hall–Kier alpha value is -3.33. The van der Waals surface area contributed by atoms with E-state index in [0.717, 1.165) is 30.5 Å². The van der Waals surface area contributed by atoms with Crippen LogP contribution in [0.4, 0.5) is 11.5 Å². The van der Waals surface area contributed by atoms with Gasteiger partial charge >= 0.3 is 0 Å². The molecule has 0 aliphatic rings. The fourth-order valence-electron chi connectivity index (χ4n) is 3.20. The Balaban J connectivity index is 1.50. The van der Waals surface area contributed by atoms with Crippen molar-refractivity contribution in [3.05, 3.63) is 65.8 Å². The van der Waals surface area contributed by atoms with Crippen molar-refractivity contribution < 1.29 is 15.1 Å². The predicted octanol–water partition coefficient (Wildman–Crippen LogP) is 5.43. The predicted molar refractivity (Wildman–Crippen MR) is 136 cm³/mol. The topological polar surface area (TPSA) is 116 Å². The van der Waals surface area contributed by atoms with E-state index < -0.39 is 0 Å². The summed E-state index contributed by atoms with van der Waals surface area (Å²) in [7, 11) is 0. The molecule has 34 heavy (non-hydrogen) atoms. The van der Waals surface area contributed by atoms with E-state index in [-0.39, 0.29) is 11.7 Å². The normalized spacial score (nSPS) is 11.6. The van der Waals surface area contributed by atoms with Crippen molar-refractivity contribution in [1.29, 1.82) is 0 Å². The van der Waals surface area contributed by atoms with Crippen LogP contribution in [-0.2, 0) is 0 Å². The van der Waals surface area contributed by atoms with Gasteiger partial charge in [-0.1, -0.05) is 31.4 Å². The SMILES string of the molecule is CCCCCN(O)CCOc1ccc(NC(N)=Nc2ccc(-c3cc(O)ccc3Cl)cn2)cc1. The van der Waals surface area contributed by atoms with E-state index in [4.69, 9.17) is 22.1 Å². The average molecular weight is 484 g/mol. The molecule has 8 nitrogen and oxygen atoms in total. The summed E-state index contributed by atoms with van der Waals surface area (Å²) in [6.07, 6.45) is 4.82. The lowest BCUT2D eigenvalue weighted by Gasteiger charge is -2.15. The number of hydrogen-bond donors (Lipinski definition) is 4. The second kappa shape index (κ2) is 12.8. The highest BCUT2D eigenvalue weighted by Gasteiger charge is 2.06. The van der Waals surface area contributed by atoms with Gasteiger partial charge in [0, 0.05) is 34.6 Å². The van der Waals surface area contributed by atoms with Crippen LogP contribution in [0.1, 0.15) is 26.2 Å². The quantitative estimate of drug-likeness (QED) is 0.124. The number of hydroxylamine groups is 2. The molecule has 2 aromatic carbocycles. The Morgan fingerprint density at radius 3 is 2.62 bits per heavy atom. The summed E-state index contributed by atoms with van der Waals surface area (Å²) in [5, 5.41) is 24.3. The van der Waals surface area contributed by atoms with Gasteiger partial charge in [0.15, 0.2) is 11.8 Å². The van der Waals surface area contributed by atoms with E-state index in [1.54, 1.807) is 24.4 Å². The smallest absolute Gasteiger partial charge is 0.199 e. The zero-order valence-corrected chi connectivity index (χ0v) is 19.9. The van der Waals surface area contributed by atoms with Crippen LogP contribution in [0.2, 0.25) is 5.02 Å². The van der Waals surface area contributed by atoms with Crippen LogP contribution in [-0.4, -0.2) is 46.0 Å². The molecular weight excluding hydrogens is 454 g/mol. The molecule has 0 aliphatic carbocycles. The average Bonchev–Trinajstić information content (AvgIpc) is 2.82. The molecule has 3 aromatic rings. The van der Waals surface area contributed by atoms with Crippen molar-refractivity contribution in [2.75, 3.05) is 25.0 Å². The number of hydrogen-bond acceptors (Lipinski definition) is 6. The second-order valence-electron chi connectivity index (χ2n) is 7.72. The Bertz CT molecular complexity index is 1070. The third-order valence-corrected chi connectivity index (χ3v) is 5.34. The molecule has 1 aromatic heterocycles. The van der Waals surface area contributed by atoms with Crippen molar-refractivity contribution in [2.24, 2.45) is 10.7 Å². The number of nitrogens with one attached hydrogen (secondary N) is 1. The van der Waals surface area contributed by atoms with Crippen molar-refractivity contribution in [3.63, 3.8) is 0 Å². The Labute approximate surface area is 204 Å². The van der Waals surface area contributed by atoms with Crippen LogP contribution < -0.4 is 15.8 Å². The number of nitrogens with two attached hydrogens (primary N) is 1. The van der Waals surface area contributed by atoms with Crippen molar-refractivity contribution in [3.8, 4) is 22.6 Å². The summed E-state index contributed by atoms with van der Waals surface area (Å²) in [5.41, 5.74) is 8.20. The second-order valence-corrected chi connectivity index (χ2v) is 8.13. The molecule has 0 unspecified atom stereocenters. The fraction of sp³-hybridized carbons (Fsp3) is 0.280. The molecule has 9 heteroatoms. The molecule has 180 valence electrons. The highest BCUT2D eigenvalue weighted by atomic mass is 35.5. The number of guanidine groups is 1. The summed E-state index contributed by atoms with van der Waals surface area (Å²) >= 11 is 6.20. The summed E-state index contributed by atoms with van der Waals surface area (Å²) in [4.78, 5) is 8.58. The number of unbranched alkanes of at least 4 members (excludes halogenated alkanes) is 2. The van der Waals surface area contributed by atoms with Crippen LogP contribution in [0.3, 0.4) is 0 Å². The number of pyridine rings is 1. The Morgan fingerprint density at radius 2 is 1.91 bits per heavy atom. The highest BCUT2D eigenvalue weighted by molar-refractivity contribution is 6.33. The lowest BCUT2D eigenvalue weighted by atomic mass is 10.1. The summed E-state index contributed by atoms with van der Waals surface area (Å²) < 4.78 is 5.68. The van der Waals surface area contributed by atoms with Gasteiger partial charge in [-0.2, -0.15) is 10.1 Å². The number of phenolic OH excluding ortho intramolecular Hbond substituents is 1. The van der Waals surface area contributed by atoms with Crippen molar-refractivity contribution in [1.82, 2.24) is 10.0 Å². The maximum atomic E-state index is 9.81. The first kappa shape index (κ1) is 25.3. The molecule has 0 radical (unpaired) electrons. The van der Waals surface area contributed by atoms with Gasteiger partial charge in [-0.3, -0.25) is 0 Å². The molecule has 3 rings (SSSR count). The first-order valence-corrected chi connectivity index (χ1v) is 11.5. The maximum Gasteiger partial charge on any atom is 0.199 e. The van der Waals surface area contributed by atoms with Crippen LogP contribution in [0.5, 0.6) is 11.5 Å². The summed E-state index contributed by atoms with van der Waals surface area (Å²) in [6.45, 7) is 3.63. The minimum absolute atomic E-state index is 0.129. The number of aromatic hydroxyl groups is 1. The minimum atomic E-state index is 0.129. The zero-order valence-electron chi connectivity index (χ0n) is 19.1. The molecule has 0 saturated heterocycles. The number of anilines is 1. The third kappa shape index (κ3) is 7.91. The summed E-state index contributed by atoms with van der Waals surface area (Å²) in [6, 6.07) is 15.6. The Morgan fingerprint density at radius 1 is 1.12 bits per heavy atom. The molecule has 0 fully saturated rings. The molecule has 1 heterocycles. The first-order chi connectivity index (χ1) is 16.4. The molecule has 5 N–H and O–H groups in total. The molecule has 0 amide bonds. The number of nitrogens with zero attached hydrogens (tertiary/aromatic N) is 3. The van der Waals surface area contributed by atoms with E-state index >= 15 is 0 Å². The van der Waals surface area contributed by atoms with Gasteiger partial charge < -0.3 is 26.1 Å². The van der Waals surface area contributed by atoms with Gasteiger partial charge in [-0.25, -0.2) is 4.98 Å². The molecule has 0 saturated carbocycles. The van der Waals surface area contributed by atoms with Crippen LogP contribution in [0.25, 0.3) is 11.1 Å². The largest absolute Gasteiger partial charge is 0.508 e. The van der Waals surface area contributed by atoms with Gasteiger partial charge in [-0.15, -0.1) is 0 Å². The van der Waals surface area contributed by atoms with E-state index in [9.17, 15) is 10.3 Å². The van der Waals surface area contributed by atoms with Gasteiger partial charge in [0.25, 0.3) is 0 Å². The maximum absolute atomic E-state index is 9.81. The number of phenols is 1. The third-order valence-electron chi connectivity index (χ3n) is 5.01. The molecule has 0 aliphatic heterocycles. The van der Waals surface area contributed by atoms with Crippen LogP contribution in [0.15, 0.2) is 65.8 Å². The Kier molecular flexibility index (Phi) is 9.51.